The van der Waals surface area contributed by atoms with E-state index in [-0.39, 0.29) is 0 Å². The summed E-state index contributed by atoms with van der Waals surface area (Å²) in [5.41, 5.74) is 0. The zero-order valence-electron chi connectivity index (χ0n) is 8.26. The zero-order valence-corrected chi connectivity index (χ0v) is 9.16. The van der Waals surface area contributed by atoms with Crippen molar-refractivity contribution in [3.8, 4) is 0 Å². The quantitative estimate of drug-likeness (QED) is 0.381. The first-order valence-electron chi connectivity index (χ1n) is 3.71. The van der Waals surface area contributed by atoms with Crippen LogP contribution in [-0.4, -0.2) is 4.57 Å². The van der Waals surface area contributed by atoms with Crippen LogP contribution in [-0.2, 0) is 14.1 Å². The Morgan fingerprint density at radius 2 is 1.47 bits per heavy atom. The van der Waals surface area contributed by atoms with E-state index in [9.17, 15) is 25.2 Å². The molecule has 0 saturated carbocycles. The number of aromatic nitrogens is 2. The van der Waals surface area contributed by atoms with Gasteiger partial charge in [0.15, 0.2) is 0 Å². The minimum absolute atomic E-state index is 1.27. The van der Waals surface area contributed by atoms with Crippen LogP contribution in [0.15, 0.2) is 12.4 Å². The Balaban J connectivity index is 0.000000265. The van der Waals surface area contributed by atoms with E-state index in [4.69, 9.17) is 0 Å². The topological polar surface area (TPSA) is 8.81 Å². The molecule has 0 N–H and O–H groups in total. The number of nitrogens with zero attached hydrogens (tertiary/aromatic N) is 2. The number of hydrogen-bond donors (Lipinski definition) is 0. The van der Waals surface area contributed by atoms with Crippen LogP contribution in [0.5, 0.6) is 0 Å². The Kier molecular flexibility index (Phi) is 2.94. The van der Waals surface area contributed by atoms with Gasteiger partial charge in [-0.1, -0.05) is 0 Å². The summed E-state index contributed by atoms with van der Waals surface area (Å²) in [5, 5.41) is 0. The van der Waals surface area contributed by atoms with Crippen LogP contribution in [0.1, 0.15) is 5.82 Å². The first kappa shape index (κ1) is 14.2. The maximum absolute atomic E-state index is 10.7. The van der Waals surface area contributed by atoms with Crippen LogP contribution in [0, 0.1) is 6.92 Å². The SMILES string of the molecule is Cc1n(C)cc[n+]1C.F[P-](F)(F)(F)(F)F. The van der Waals surface area contributed by atoms with Gasteiger partial charge in [-0.05, 0) is 0 Å². The molecule has 0 aliphatic carbocycles. The number of rotatable bonds is 0. The molecule has 0 aliphatic rings. The molecule has 0 spiro atoms. The van der Waals surface area contributed by atoms with Gasteiger partial charge >= 0.3 is 33.0 Å². The molecule has 1 aromatic rings. The predicted molar refractivity (Wildman–Crippen MR) is 44.9 cm³/mol. The average Bonchev–Trinajstić information content (AvgIpc) is 2.13. The molecule has 0 bridgehead atoms. The van der Waals surface area contributed by atoms with Crippen LogP contribution in [0.3, 0.4) is 0 Å². The Morgan fingerprint density at radius 3 is 1.53 bits per heavy atom. The summed E-state index contributed by atoms with van der Waals surface area (Å²) in [4.78, 5) is 0. The van der Waals surface area contributed by atoms with Crippen molar-refractivity contribution < 1.29 is 29.7 Å². The molecule has 9 heteroatoms. The van der Waals surface area contributed by atoms with Gasteiger partial charge in [0, 0.05) is 6.92 Å². The minimum atomic E-state index is -10.7. The fraction of sp³-hybridized carbons (Fsp3) is 0.500. The normalized spacial score (nSPS) is 16.1. The van der Waals surface area contributed by atoms with Gasteiger partial charge in [-0.25, -0.2) is 9.13 Å². The molecule has 0 atom stereocenters. The number of imidazole rings is 1. The van der Waals surface area contributed by atoms with Crippen molar-refractivity contribution in [3.05, 3.63) is 18.2 Å². The third kappa shape index (κ3) is 11.1. The molecule has 92 valence electrons. The maximum atomic E-state index is 9.87. The zero-order chi connectivity index (χ0) is 12.6. The van der Waals surface area contributed by atoms with Gasteiger partial charge in [0.25, 0.3) is 5.82 Å². The van der Waals surface area contributed by atoms with Crippen molar-refractivity contribution in [1.29, 1.82) is 0 Å². The molecule has 1 heterocycles. The molecule has 0 radical (unpaired) electrons. The van der Waals surface area contributed by atoms with Crippen LogP contribution in [0.4, 0.5) is 25.2 Å². The first-order chi connectivity index (χ1) is 6.16. The van der Waals surface area contributed by atoms with Gasteiger partial charge in [-0.2, -0.15) is 0 Å². The molecular weight excluding hydrogens is 245 g/mol. The molecule has 2 nitrogen and oxygen atoms in total. The number of aryl methyl sites for hydroxylation is 2. The molecule has 0 aromatic carbocycles. The van der Waals surface area contributed by atoms with Crippen LogP contribution in [0.2, 0.25) is 0 Å². The van der Waals surface area contributed by atoms with E-state index >= 15 is 0 Å². The summed E-state index contributed by atoms with van der Waals surface area (Å²) in [6.07, 6.45) is 4.07. The summed E-state index contributed by atoms with van der Waals surface area (Å²) in [6, 6.07) is 0. The Hall–Kier alpha value is -0.780. The number of hydrogen-bond acceptors (Lipinski definition) is 0. The summed E-state index contributed by atoms with van der Waals surface area (Å²) in [5.74, 6) is 1.27. The van der Waals surface area contributed by atoms with Crippen molar-refractivity contribution in [3.63, 3.8) is 0 Å². The van der Waals surface area contributed by atoms with Gasteiger partial charge < -0.3 is 0 Å². The summed E-state index contributed by atoms with van der Waals surface area (Å²) in [7, 11) is -6.58. The molecule has 1 rings (SSSR count). The van der Waals surface area contributed by atoms with E-state index in [1.807, 2.05) is 26.5 Å². The molecule has 15 heavy (non-hydrogen) atoms. The molecule has 0 saturated heterocycles. The summed E-state index contributed by atoms with van der Waals surface area (Å²) in [6.45, 7) is 2.08. The van der Waals surface area contributed by atoms with Crippen molar-refractivity contribution >= 4 is 7.81 Å². The van der Waals surface area contributed by atoms with E-state index in [0.717, 1.165) is 0 Å². The fourth-order valence-corrected chi connectivity index (χ4v) is 0.665. The third-order valence-electron chi connectivity index (χ3n) is 1.53. The monoisotopic (exact) mass is 256 g/mol. The van der Waals surface area contributed by atoms with Crippen LogP contribution >= 0.6 is 7.81 Å². The Bertz CT molecular complexity index is 319. The molecular formula is C6H11F6N2P. The predicted octanol–water partition coefficient (Wildman–Crippen LogP) is 3.54. The molecule has 0 amide bonds. The fourth-order valence-electron chi connectivity index (χ4n) is 0.665. The summed E-state index contributed by atoms with van der Waals surface area (Å²) >= 11 is 0. The molecule has 1 aromatic heterocycles. The Morgan fingerprint density at radius 1 is 1.13 bits per heavy atom. The van der Waals surface area contributed by atoms with E-state index in [2.05, 4.69) is 16.1 Å². The van der Waals surface area contributed by atoms with E-state index < -0.39 is 7.81 Å². The van der Waals surface area contributed by atoms with Gasteiger partial charge in [-0.15, -0.1) is 0 Å². The molecule has 0 unspecified atom stereocenters. The molecule has 0 aliphatic heterocycles. The van der Waals surface area contributed by atoms with E-state index in [0.29, 0.717) is 0 Å². The van der Waals surface area contributed by atoms with Crippen LogP contribution in [0.25, 0.3) is 0 Å². The number of halogens is 6. The van der Waals surface area contributed by atoms with Gasteiger partial charge in [0.2, 0.25) is 0 Å². The van der Waals surface area contributed by atoms with Gasteiger partial charge in [-0.3, -0.25) is 0 Å². The summed E-state index contributed by atoms with van der Waals surface area (Å²) < 4.78 is 63.4. The second kappa shape index (κ2) is 3.10. The van der Waals surface area contributed by atoms with Crippen molar-refractivity contribution in [1.82, 2.24) is 4.57 Å². The van der Waals surface area contributed by atoms with Crippen molar-refractivity contribution in [2.75, 3.05) is 0 Å². The second-order valence-electron chi connectivity index (χ2n) is 3.03. The Labute approximate surface area is 82.4 Å². The van der Waals surface area contributed by atoms with Crippen molar-refractivity contribution in [2.45, 2.75) is 6.92 Å². The second-order valence-corrected chi connectivity index (χ2v) is 4.94. The van der Waals surface area contributed by atoms with E-state index in [1.165, 1.54) is 5.82 Å². The molecule has 0 fully saturated rings. The van der Waals surface area contributed by atoms with Crippen molar-refractivity contribution in [2.24, 2.45) is 14.1 Å². The van der Waals surface area contributed by atoms with E-state index in [1.54, 1.807) is 0 Å². The standard InChI is InChI=1S/C6H11N2.F6P/c1-6-7(2)4-5-8(6)3;1-7(2,3,4,5)6/h4-5H,1-3H3;/q+1;-1. The average molecular weight is 256 g/mol. The van der Waals surface area contributed by atoms with Crippen LogP contribution < -0.4 is 4.57 Å². The first-order valence-corrected chi connectivity index (χ1v) is 5.73. The van der Waals surface area contributed by atoms with Gasteiger partial charge in [0.1, 0.15) is 12.4 Å². The third-order valence-corrected chi connectivity index (χ3v) is 1.53. The van der Waals surface area contributed by atoms with Gasteiger partial charge in [0.05, 0.1) is 14.1 Å².